The fourth-order valence-corrected chi connectivity index (χ4v) is 5.10. The molecule has 0 bridgehead atoms. The number of hydrogen-bond acceptors (Lipinski definition) is 4. The molecule has 1 saturated heterocycles. The van der Waals surface area contributed by atoms with Crippen LogP contribution in [0.15, 0.2) is 29.2 Å². The molecule has 1 amide bonds. The van der Waals surface area contributed by atoms with Gasteiger partial charge in [-0.1, -0.05) is 12.1 Å². The zero-order valence-electron chi connectivity index (χ0n) is 16.8. The van der Waals surface area contributed by atoms with Gasteiger partial charge in [0, 0.05) is 38.1 Å². The van der Waals surface area contributed by atoms with Crippen molar-refractivity contribution in [1.29, 1.82) is 0 Å². The highest BCUT2D eigenvalue weighted by atomic mass is 32.2. The van der Waals surface area contributed by atoms with Crippen molar-refractivity contribution in [2.75, 3.05) is 20.2 Å². The van der Waals surface area contributed by atoms with Gasteiger partial charge in [-0.3, -0.25) is 4.79 Å². The Morgan fingerprint density at radius 3 is 2.29 bits per heavy atom. The highest BCUT2D eigenvalue weighted by Gasteiger charge is 2.33. The lowest BCUT2D eigenvalue weighted by Gasteiger charge is -2.17. The quantitative estimate of drug-likeness (QED) is 0.800. The van der Waals surface area contributed by atoms with Crippen LogP contribution >= 0.6 is 0 Å². The van der Waals surface area contributed by atoms with Crippen LogP contribution in [0, 0.1) is 13.8 Å². The summed E-state index contributed by atoms with van der Waals surface area (Å²) < 4.78 is 35.8. The zero-order valence-corrected chi connectivity index (χ0v) is 17.6. The molecule has 0 radical (unpaired) electrons. The number of hydrogen-bond donors (Lipinski definition) is 1. The minimum absolute atomic E-state index is 0.0814. The number of aromatic nitrogens is 1. The Bertz CT molecular complexity index is 972. The first-order valence-corrected chi connectivity index (χ1v) is 10.8. The van der Waals surface area contributed by atoms with Crippen molar-refractivity contribution in [2.24, 2.45) is 7.05 Å². The number of rotatable bonds is 6. The predicted octanol–water partition coefficient (Wildman–Crippen LogP) is 2.37. The number of amides is 1. The fraction of sp³-hybridized carbons (Fsp3) is 0.450. The average molecular weight is 406 g/mol. The van der Waals surface area contributed by atoms with Gasteiger partial charge >= 0.3 is 0 Å². The molecule has 3 rings (SSSR count). The van der Waals surface area contributed by atoms with Crippen molar-refractivity contribution in [3.05, 3.63) is 46.8 Å². The van der Waals surface area contributed by atoms with E-state index in [1.54, 1.807) is 61.7 Å². The van der Waals surface area contributed by atoms with E-state index in [1.807, 2.05) is 0 Å². The molecular weight excluding hydrogens is 378 g/mol. The van der Waals surface area contributed by atoms with Crippen LogP contribution in [0.3, 0.4) is 0 Å². The molecule has 2 heterocycles. The smallest absolute Gasteiger partial charge is 0.257 e. The number of benzene rings is 1. The second kappa shape index (κ2) is 7.97. The SMILES string of the molecule is COc1ccc(CNS(=O)(=O)c2c(C(=O)N3CCCC3)c(C)n(C)c2C)cc1. The van der Waals surface area contributed by atoms with E-state index in [0.717, 1.165) is 18.4 Å². The summed E-state index contributed by atoms with van der Waals surface area (Å²) in [6, 6.07) is 7.18. The van der Waals surface area contributed by atoms with Crippen LogP contribution in [0.1, 0.15) is 40.2 Å². The summed E-state index contributed by atoms with van der Waals surface area (Å²) in [6.07, 6.45) is 1.91. The van der Waals surface area contributed by atoms with Crippen LogP contribution in [-0.4, -0.2) is 44.0 Å². The van der Waals surface area contributed by atoms with Gasteiger partial charge in [-0.15, -0.1) is 0 Å². The van der Waals surface area contributed by atoms with E-state index in [9.17, 15) is 13.2 Å². The molecule has 1 aliphatic rings. The Kier molecular flexibility index (Phi) is 5.81. The first-order valence-electron chi connectivity index (χ1n) is 9.34. The van der Waals surface area contributed by atoms with Crippen LogP contribution < -0.4 is 9.46 Å². The Labute approximate surface area is 166 Å². The molecule has 0 saturated carbocycles. The Hall–Kier alpha value is -2.32. The van der Waals surface area contributed by atoms with Crippen molar-refractivity contribution in [3.8, 4) is 5.75 Å². The van der Waals surface area contributed by atoms with E-state index >= 15 is 0 Å². The summed E-state index contributed by atoms with van der Waals surface area (Å²) >= 11 is 0. The first-order chi connectivity index (χ1) is 13.3. The normalized spacial score (nSPS) is 14.5. The maximum Gasteiger partial charge on any atom is 0.257 e. The topological polar surface area (TPSA) is 80.6 Å². The molecule has 1 aromatic carbocycles. The van der Waals surface area contributed by atoms with Crippen LogP contribution in [-0.2, 0) is 23.6 Å². The summed E-state index contributed by atoms with van der Waals surface area (Å²) in [7, 11) is -0.495. The molecule has 8 heteroatoms. The molecule has 2 aromatic rings. The molecule has 1 aliphatic heterocycles. The Morgan fingerprint density at radius 1 is 1.11 bits per heavy atom. The maximum atomic E-state index is 13.1. The van der Waals surface area contributed by atoms with Crippen molar-refractivity contribution < 1.29 is 17.9 Å². The fourth-order valence-electron chi connectivity index (χ4n) is 3.57. The summed E-state index contributed by atoms with van der Waals surface area (Å²) in [4.78, 5) is 14.9. The van der Waals surface area contributed by atoms with Crippen LogP contribution in [0.4, 0.5) is 0 Å². The lowest BCUT2D eigenvalue weighted by molar-refractivity contribution is 0.0788. The molecule has 0 spiro atoms. The van der Waals surface area contributed by atoms with Gasteiger partial charge in [0.15, 0.2) is 0 Å². The van der Waals surface area contributed by atoms with E-state index in [-0.39, 0.29) is 22.9 Å². The van der Waals surface area contributed by atoms with Gasteiger partial charge in [0.2, 0.25) is 10.0 Å². The zero-order chi connectivity index (χ0) is 20.5. The van der Waals surface area contributed by atoms with Crippen molar-refractivity contribution in [1.82, 2.24) is 14.2 Å². The molecule has 0 aliphatic carbocycles. The van der Waals surface area contributed by atoms with Gasteiger partial charge in [-0.05, 0) is 44.4 Å². The maximum absolute atomic E-state index is 13.1. The molecule has 1 fully saturated rings. The van der Waals surface area contributed by atoms with Gasteiger partial charge in [0.25, 0.3) is 5.91 Å². The van der Waals surface area contributed by atoms with Crippen LogP contribution in [0.25, 0.3) is 0 Å². The number of methoxy groups -OCH3 is 1. The first kappa shape index (κ1) is 20.4. The minimum Gasteiger partial charge on any atom is -0.497 e. The van der Waals surface area contributed by atoms with Crippen molar-refractivity contribution >= 4 is 15.9 Å². The van der Waals surface area contributed by atoms with Crippen LogP contribution in [0.5, 0.6) is 5.75 Å². The number of ether oxygens (including phenoxy) is 1. The average Bonchev–Trinajstić information content (AvgIpc) is 3.30. The third-order valence-corrected chi connectivity index (χ3v) is 6.99. The van der Waals surface area contributed by atoms with Crippen molar-refractivity contribution in [3.63, 3.8) is 0 Å². The molecule has 0 unspecified atom stereocenters. The molecule has 0 atom stereocenters. The molecule has 1 N–H and O–H groups in total. The molecular formula is C20H27N3O4S. The Morgan fingerprint density at radius 2 is 1.71 bits per heavy atom. The van der Waals surface area contributed by atoms with E-state index < -0.39 is 10.0 Å². The Balaban J connectivity index is 1.91. The molecule has 7 nitrogen and oxygen atoms in total. The lowest BCUT2D eigenvalue weighted by atomic mass is 10.2. The standard InChI is InChI=1S/C20H27N3O4S/c1-14-18(20(24)23-11-5-6-12-23)19(15(2)22(14)3)28(25,26)21-13-16-7-9-17(27-4)10-8-16/h7-10,21H,5-6,11-13H2,1-4H3. The summed E-state index contributed by atoms with van der Waals surface area (Å²) in [5.41, 5.74) is 2.31. The number of carbonyl (C=O) groups is 1. The number of sulfonamides is 1. The van der Waals surface area contributed by atoms with Gasteiger partial charge in [-0.25, -0.2) is 13.1 Å². The lowest BCUT2D eigenvalue weighted by Crippen LogP contribution is -2.31. The summed E-state index contributed by atoms with van der Waals surface area (Å²) in [5.74, 6) is 0.503. The van der Waals surface area contributed by atoms with E-state index in [0.29, 0.717) is 30.2 Å². The van der Waals surface area contributed by atoms with E-state index in [2.05, 4.69) is 4.72 Å². The molecule has 28 heavy (non-hydrogen) atoms. The molecule has 152 valence electrons. The van der Waals surface area contributed by atoms with Crippen LogP contribution in [0.2, 0.25) is 0 Å². The number of nitrogens with one attached hydrogen (secondary N) is 1. The largest absolute Gasteiger partial charge is 0.497 e. The summed E-state index contributed by atoms with van der Waals surface area (Å²) in [6.45, 7) is 5.00. The third kappa shape index (κ3) is 3.79. The molecule has 1 aromatic heterocycles. The number of likely N-dealkylation sites (tertiary alicyclic amines) is 1. The minimum atomic E-state index is -3.86. The number of carbonyl (C=O) groups excluding carboxylic acids is 1. The predicted molar refractivity (Wildman–Crippen MR) is 107 cm³/mol. The summed E-state index contributed by atoms with van der Waals surface area (Å²) in [5, 5.41) is 0. The van der Waals surface area contributed by atoms with Gasteiger partial charge in [0.05, 0.1) is 12.7 Å². The van der Waals surface area contributed by atoms with Gasteiger partial charge in [-0.2, -0.15) is 0 Å². The van der Waals surface area contributed by atoms with E-state index in [1.165, 1.54) is 0 Å². The van der Waals surface area contributed by atoms with E-state index in [4.69, 9.17) is 4.74 Å². The highest BCUT2D eigenvalue weighted by Crippen LogP contribution is 2.28. The number of nitrogens with zero attached hydrogens (tertiary/aromatic N) is 2. The van der Waals surface area contributed by atoms with Crippen molar-refractivity contribution in [2.45, 2.75) is 38.1 Å². The second-order valence-corrected chi connectivity index (χ2v) is 8.81. The second-order valence-electron chi connectivity index (χ2n) is 7.11. The van der Waals surface area contributed by atoms with Gasteiger partial charge < -0.3 is 14.2 Å². The highest BCUT2D eigenvalue weighted by molar-refractivity contribution is 7.89. The monoisotopic (exact) mass is 405 g/mol. The third-order valence-electron chi connectivity index (χ3n) is 5.42. The van der Waals surface area contributed by atoms with Gasteiger partial charge in [0.1, 0.15) is 10.6 Å².